The number of hydrogen-bond donors (Lipinski definition) is 0. The minimum absolute atomic E-state index is 0.454. The van der Waals surface area contributed by atoms with Crippen LogP contribution in [0.4, 0.5) is 0 Å². The van der Waals surface area contributed by atoms with Crippen molar-refractivity contribution in [3.8, 4) is 0 Å². The van der Waals surface area contributed by atoms with Crippen LogP contribution in [0, 0.1) is 0 Å². The van der Waals surface area contributed by atoms with Gasteiger partial charge in [-0.05, 0) is 0 Å². The maximum absolute atomic E-state index is 5.44. The van der Waals surface area contributed by atoms with Crippen molar-refractivity contribution in [3.63, 3.8) is 0 Å². The maximum atomic E-state index is 5.44. The molecule has 0 aromatic rings. The zero-order valence-corrected chi connectivity index (χ0v) is 11.7. The van der Waals surface area contributed by atoms with Crippen LogP contribution < -0.4 is 0 Å². The molecule has 12 heavy (non-hydrogen) atoms. The van der Waals surface area contributed by atoms with E-state index in [1.807, 2.05) is 0 Å². The van der Waals surface area contributed by atoms with Gasteiger partial charge in [-0.15, -0.1) is 0 Å². The zero-order valence-electron chi connectivity index (χ0n) is 8.06. The molecule has 0 rings (SSSR count). The molecule has 0 amide bonds. The van der Waals surface area contributed by atoms with E-state index >= 15 is 0 Å². The Balaban J connectivity index is 3.10. The van der Waals surface area contributed by atoms with Crippen molar-refractivity contribution >= 4 is 36.4 Å². The molecular formula is C9H18OSSn. The molecule has 0 unspecified atom stereocenters. The van der Waals surface area contributed by atoms with Crippen LogP contribution in [0.15, 0.2) is 0 Å². The molecule has 0 saturated heterocycles. The van der Waals surface area contributed by atoms with Crippen LogP contribution in [-0.4, -0.2) is 30.8 Å². The molecule has 0 aliphatic carbocycles. The number of thiocarbonyl (C=S) groups is 1. The summed E-state index contributed by atoms with van der Waals surface area (Å²) in [5.74, 6) is 0. The van der Waals surface area contributed by atoms with E-state index in [2.05, 4.69) is 13.8 Å². The molecule has 0 aliphatic rings. The molecule has 0 bridgehead atoms. The van der Waals surface area contributed by atoms with Gasteiger partial charge in [0.15, 0.2) is 0 Å². The molecule has 1 nitrogen and oxygen atoms in total. The summed E-state index contributed by atoms with van der Waals surface area (Å²) in [6, 6.07) is 0. The first kappa shape index (κ1) is 12.7. The van der Waals surface area contributed by atoms with Crippen molar-refractivity contribution in [2.45, 2.75) is 44.0 Å². The van der Waals surface area contributed by atoms with Crippen LogP contribution >= 0.6 is 12.2 Å². The molecule has 0 aliphatic heterocycles. The number of rotatable bonds is 7. The molecule has 0 N–H and O–H groups in total. The quantitative estimate of drug-likeness (QED) is 0.405. The number of ether oxygens (including phenoxy) is 1. The normalized spacial score (nSPS) is 9.83. The van der Waals surface area contributed by atoms with E-state index in [1.54, 1.807) is 0 Å². The molecule has 2 radical (unpaired) electrons. The summed E-state index contributed by atoms with van der Waals surface area (Å²) in [6.07, 6.45) is 4.97. The third-order valence-electron chi connectivity index (χ3n) is 1.53. The predicted molar refractivity (Wildman–Crippen MR) is 58.9 cm³/mol. The van der Waals surface area contributed by atoms with Crippen molar-refractivity contribution < 1.29 is 4.74 Å². The first-order valence-electron chi connectivity index (χ1n) is 4.71. The van der Waals surface area contributed by atoms with Crippen molar-refractivity contribution in [1.82, 2.24) is 0 Å². The van der Waals surface area contributed by atoms with Gasteiger partial charge in [-0.25, -0.2) is 0 Å². The number of unbranched alkanes of at least 4 members (excludes halogenated alkanes) is 2. The van der Waals surface area contributed by atoms with E-state index in [1.165, 1.54) is 23.7 Å². The summed E-state index contributed by atoms with van der Waals surface area (Å²) in [5, 5.41) is 0. The van der Waals surface area contributed by atoms with Crippen molar-refractivity contribution in [3.05, 3.63) is 0 Å². The summed E-state index contributed by atoms with van der Waals surface area (Å²) < 4.78 is 7.76. The van der Waals surface area contributed by atoms with E-state index in [0.29, 0.717) is 0 Å². The van der Waals surface area contributed by atoms with Crippen LogP contribution in [0.3, 0.4) is 0 Å². The van der Waals surface area contributed by atoms with Gasteiger partial charge in [0, 0.05) is 0 Å². The van der Waals surface area contributed by atoms with Gasteiger partial charge in [0.2, 0.25) is 0 Å². The predicted octanol–water partition coefficient (Wildman–Crippen LogP) is 3.01. The molecule has 0 saturated carbocycles. The molecule has 0 atom stereocenters. The average molecular weight is 293 g/mol. The Hall–Kier alpha value is 0.689. The van der Waals surface area contributed by atoms with E-state index in [4.69, 9.17) is 17.0 Å². The van der Waals surface area contributed by atoms with Gasteiger partial charge >= 0.3 is 91.7 Å². The van der Waals surface area contributed by atoms with Crippen LogP contribution in [-0.2, 0) is 4.74 Å². The summed E-state index contributed by atoms with van der Waals surface area (Å²) in [7, 11) is 0. The molecule has 3 heteroatoms. The Labute approximate surface area is 91.5 Å². The fourth-order valence-corrected chi connectivity index (χ4v) is 4.17. The van der Waals surface area contributed by atoms with Gasteiger partial charge in [-0.3, -0.25) is 0 Å². The first-order chi connectivity index (χ1) is 5.81. The van der Waals surface area contributed by atoms with E-state index in [0.717, 1.165) is 16.1 Å². The standard InChI is InChI=1S/C5H9OS.C4H9.Sn/c1-2-3-4-6-5-7;1-3-4-2;/h2-4H2,1H3;1,3-4H2,2H3;. The van der Waals surface area contributed by atoms with Crippen molar-refractivity contribution in [1.29, 1.82) is 0 Å². The van der Waals surface area contributed by atoms with Gasteiger partial charge in [-0.2, -0.15) is 0 Å². The summed E-state index contributed by atoms with van der Waals surface area (Å²) in [5.41, 5.74) is 0. The monoisotopic (exact) mass is 294 g/mol. The second-order valence-corrected chi connectivity index (χ2v) is 7.91. The summed E-state index contributed by atoms with van der Waals surface area (Å²) >= 11 is 4.68. The van der Waals surface area contributed by atoms with Crippen LogP contribution in [0.5, 0.6) is 0 Å². The van der Waals surface area contributed by atoms with Crippen LogP contribution in [0.1, 0.15) is 39.5 Å². The van der Waals surface area contributed by atoms with E-state index in [9.17, 15) is 0 Å². The molecular weight excluding hydrogens is 275 g/mol. The second kappa shape index (κ2) is 9.77. The first-order valence-corrected chi connectivity index (χ1v) is 8.57. The van der Waals surface area contributed by atoms with Gasteiger partial charge in [0.05, 0.1) is 0 Å². The molecule has 0 spiro atoms. The Morgan fingerprint density at radius 2 is 1.92 bits per heavy atom. The van der Waals surface area contributed by atoms with Gasteiger partial charge < -0.3 is 0 Å². The Bertz CT molecular complexity index is 105. The SMILES string of the molecule is CCCCO[C](=S)[Sn][CH2]CCC. The van der Waals surface area contributed by atoms with E-state index < -0.39 is 21.1 Å². The van der Waals surface area contributed by atoms with Crippen molar-refractivity contribution in [2.24, 2.45) is 0 Å². The Morgan fingerprint density at radius 1 is 1.25 bits per heavy atom. The van der Waals surface area contributed by atoms with Crippen molar-refractivity contribution in [2.75, 3.05) is 6.61 Å². The summed E-state index contributed by atoms with van der Waals surface area (Å²) in [4.78, 5) is 0. The average Bonchev–Trinajstić information content (AvgIpc) is 2.06. The fourth-order valence-electron chi connectivity index (χ4n) is 0.727. The number of hydrogen-bond acceptors (Lipinski definition) is 2. The Kier molecular flexibility index (Phi) is 10.3. The topological polar surface area (TPSA) is 9.23 Å². The summed E-state index contributed by atoms with van der Waals surface area (Å²) in [6.45, 7) is 5.24. The molecule has 0 heterocycles. The molecule has 0 aromatic heterocycles. The molecule has 0 aromatic carbocycles. The minimum atomic E-state index is -0.454. The third kappa shape index (κ3) is 8.78. The third-order valence-corrected chi connectivity index (χ3v) is 5.58. The van der Waals surface area contributed by atoms with Gasteiger partial charge in [0.1, 0.15) is 0 Å². The zero-order chi connectivity index (χ0) is 9.23. The van der Waals surface area contributed by atoms with Gasteiger partial charge in [-0.1, -0.05) is 0 Å². The van der Waals surface area contributed by atoms with Crippen LogP contribution in [0.25, 0.3) is 0 Å². The second-order valence-electron chi connectivity index (χ2n) is 2.77. The fraction of sp³-hybridized carbons (Fsp3) is 0.889. The van der Waals surface area contributed by atoms with Crippen LogP contribution in [0.2, 0.25) is 4.44 Å². The molecule has 0 fully saturated rings. The van der Waals surface area contributed by atoms with Gasteiger partial charge in [0.25, 0.3) is 0 Å². The Morgan fingerprint density at radius 3 is 2.50 bits per heavy atom. The van der Waals surface area contributed by atoms with E-state index in [-0.39, 0.29) is 0 Å². The molecule has 70 valence electrons.